The third-order valence-corrected chi connectivity index (χ3v) is 5.10. The molecular formula is C24H33N3O2. The molecule has 3 rings (SSSR count). The Labute approximate surface area is 174 Å². The first-order chi connectivity index (χ1) is 14.2. The van der Waals surface area contributed by atoms with Gasteiger partial charge in [-0.25, -0.2) is 4.99 Å². The molecular weight excluding hydrogens is 362 g/mol. The third-order valence-electron chi connectivity index (χ3n) is 5.10. The highest BCUT2D eigenvalue weighted by atomic mass is 16.5. The molecule has 0 aliphatic carbocycles. The number of hydrogen-bond donors (Lipinski definition) is 2. The second-order valence-corrected chi connectivity index (χ2v) is 7.75. The number of rotatable bonds is 9. The summed E-state index contributed by atoms with van der Waals surface area (Å²) in [6.45, 7) is 8.59. The summed E-state index contributed by atoms with van der Waals surface area (Å²) in [6.07, 6.45) is 2.22. The summed E-state index contributed by atoms with van der Waals surface area (Å²) in [7, 11) is 0. The van der Waals surface area contributed by atoms with Gasteiger partial charge in [-0.1, -0.05) is 54.6 Å². The van der Waals surface area contributed by atoms with Crippen molar-refractivity contribution in [3.05, 3.63) is 71.3 Å². The maximum absolute atomic E-state index is 5.85. The fraction of sp³-hybridized carbons (Fsp3) is 0.458. The minimum Gasteiger partial charge on any atom is -0.373 e. The first-order valence-corrected chi connectivity index (χ1v) is 10.5. The highest BCUT2D eigenvalue weighted by Gasteiger charge is 2.29. The van der Waals surface area contributed by atoms with Crippen LogP contribution in [0.4, 0.5) is 0 Å². The molecule has 1 heterocycles. The number of hydrogen-bond acceptors (Lipinski definition) is 3. The maximum atomic E-state index is 5.85. The van der Waals surface area contributed by atoms with E-state index in [1.807, 2.05) is 18.2 Å². The van der Waals surface area contributed by atoms with E-state index in [-0.39, 0.29) is 5.60 Å². The van der Waals surface area contributed by atoms with Gasteiger partial charge in [0.15, 0.2) is 5.96 Å². The predicted octanol–water partition coefficient (Wildman–Crippen LogP) is 4.03. The SMILES string of the molecule is CCNC(=NCc1ccc(COCc2ccccc2)cc1)NCC1(C)CCCO1. The van der Waals surface area contributed by atoms with Crippen molar-refractivity contribution in [1.82, 2.24) is 10.6 Å². The minimum atomic E-state index is -0.0857. The molecule has 1 saturated heterocycles. The van der Waals surface area contributed by atoms with E-state index in [1.54, 1.807) is 0 Å². The van der Waals surface area contributed by atoms with Crippen LogP contribution >= 0.6 is 0 Å². The normalized spacial score (nSPS) is 19.3. The molecule has 5 heteroatoms. The molecule has 1 unspecified atom stereocenters. The molecule has 5 nitrogen and oxygen atoms in total. The zero-order valence-electron chi connectivity index (χ0n) is 17.6. The molecule has 1 aliphatic rings. The van der Waals surface area contributed by atoms with Gasteiger partial charge in [-0.2, -0.15) is 0 Å². The molecule has 29 heavy (non-hydrogen) atoms. The summed E-state index contributed by atoms with van der Waals surface area (Å²) in [4.78, 5) is 4.71. The van der Waals surface area contributed by atoms with Crippen LogP contribution in [-0.4, -0.2) is 31.3 Å². The summed E-state index contributed by atoms with van der Waals surface area (Å²) >= 11 is 0. The van der Waals surface area contributed by atoms with Crippen molar-refractivity contribution in [2.45, 2.75) is 52.0 Å². The lowest BCUT2D eigenvalue weighted by Gasteiger charge is -2.24. The highest BCUT2D eigenvalue weighted by Crippen LogP contribution is 2.23. The van der Waals surface area contributed by atoms with E-state index >= 15 is 0 Å². The van der Waals surface area contributed by atoms with Crippen molar-refractivity contribution >= 4 is 5.96 Å². The van der Waals surface area contributed by atoms with Crippen molar-refractivity contribution in [1.29, 1.82) is 0 Å². The molecule has 0 radical (unpaired) electrons. The predicted molar refractivity (Wildman–Crippen MR) is 118 cm³/mol. The van der Waals surface area contributed by atoms with Crippen LogP contribution in [-0.2, 0) is 29.2 Å². The zero-order valence-corrected chi connectivity index (χ0v) is 17.6. The molecule has 156 valence electrons. The van der Waals surface area contributed by atoms with E-state index in [1.165, 1.54) is 16.7 Å². The molecule has 2 N–H and O–H groups in total. The number of ether oxygens (including phenoxy) is 2. The molecule has 2 aromatic carbocycles. The summed E-state index contributed by atoms with van der Waals surface area (Å²) < 4.78 is 11.7. The van der Waals surface area contributed by atoms with E-state index in [4.69, 9.17) is 14.5 Å². The number of guanidine groups is 1. The van der Waals surface area contributed by atoms with Gasteiger partial charge >= 0.3 is 0 Å². The van der Waals surface area contributed by atoms with Crippen molar-refractivity contribution in [3.63, 3.8) is 0 Å². The smallest absolute Gasteiger partial charge is 0.191 e. The van der Waals surface area contributed by atoms with Gasteiger partial charge in [0.25, 0.3) is 0 Å². The fourth-order valence-electron chi connectivity index (χ4n) is 3.36. The van der Waals surface area contributed by atoms with E-state index in [0.717, 1.165) is 38.5 Å². The van der Waals surface area contributed by atoms with Crippen LogP contribution in [0.1, 0.15) is 43.4 Å². The fourth-order valence-corrected chi connectivity index (χ4v) is 3.36. The second kappa shape index (κ2) is 11.0. The highest BCUT2D eigenvalue weighted by molar-refractivity contribution is 5.79. The van der Waals surface area contributed by atoms with Gasteiger partial charge in [0.05, 0.1) is 25.4 Å². The van der Waals surface area contributed by atoms with Gasteiger partial charge < -0.3 is 20.1 Å². The van der Waals surface area contributed by atoms with Gasteiger partial charge in [0.1, 0.15) is 0 Å². The Balaban J connectivity index is 1.46. The summed E-state index contributed by atoms with van der Waals surface area (Å²) in [6, 6.07) is 18.7. The molecule has 0 bridgehead atoms. The average Bonchev–Trinajstić information content (AvgIpc) is 3.19. The first kappa shape index (κ1) is 21.3. The van der Waals surface area contributed by atoms with Crippen LogP contribution in [0.25, 0.3) is 0 Å². The zero-order chi connectivity index (χ0) is 20.4. The van der Waals surface area contributed by atoms with Crippen molar-refractivity contribution in [2.24, 2.45) is 4.99 Å². The number of benzene rings is 2. The number of aliphatic imine (C=N–C) groups is 1. The molecule has 1 fully saturated rings. The van der Waals surface area contributed by atoms with Gasteiger partial charge in [-0.05, 0) is 43.4 Å². The topological polar surface area (TPSA) is 54.9 Å². The molecule has 1 aliphatic heterocycles. The van der Waals surface area contributed by atoms with Crippen LogP contribution in [0.5, 0.6) is 0 Å². The van der Waals surface area contributed by atoms with E-state index in [9.17, 15) is 0 Å². The van der Waals surface area contributed by atoms with Gasteiger partial charge in [0, 0.05) is 19.7 Å². The minimum absolute atomic E-state index is 0.0857. The molecule has 0 amide bonds. The lowest BCUT2D eigenvalue weighted by molar-refractivity contribution is 0.0243. The monoisotopic (exact) mass is 395 g/mol. The van der Waals surface area contributed by atoms with Crippen molar-refractivity contribution < 1.29 is 9.47 Å². The van der Waals surface area contributed by atoms with E-state index in [0.29, 0.717) is 19.8 Å². The average molecular weight is 396 g/mol. The summed E-state index contributed by atoms with van der Waals surface area (Å²) in [5.41, 5.74) is 3.46. The van der Waals surface area contributed by atoms with E-state index < -0.39 is 0 Å². The van der Waals surface area contributed by atoms with Gasteiger partial charge in [-0.15, -0.1) is 0 Å². The van der Waals surface area contributed by atoms with Crippen LogP contribution in [0.3, 0.4) is 0 Å². The Morgan fingerprint density at radius 2 is 1.69 bits per heavy atom. The van der Waals surface area contributed by atoms with Crippen molar-refractivity contribution in [3.8, 4) is 0 Å². The Bertz CT molecular complexity index is 753. The van der Waals surface area contributed by atoms with Crippen LogP contribution in [0.15, 0.2) is 59.6 Å². The Morgan fingerprint density at radius 3 is 2.34 bits per heavy atom. The quantitative estimate of drug-likeness (QED) is 0.497. The first-order valence-electron chi connectivity index (χ1n) is 10.5. The lowest BCUT2D eigenvalue weighted by atomic mass is 10.0. The third kappa shape index (κ3) is 7.18. The van der Waals surface area contributed by atoms with Crippen LogP contribution in [0.2, 0.25) is 0 Å². The van der Waals surface area contributed by atoms with Crippen LogP contribution in [0, 0.1) is 0 Å². The molecule has 0 saturated carbocycles. The van der Waals surface area contributed by atoms with Gasteiger partial charge in [0.2, 0.25) is 0 Å². The maximum Gasteiger partial charge on any atom is 0.191 e. The standard InChI is InChI=1S/C24H33N3O2/c1-3-25-23(27-19-24(2)14-7-15-29-24)26-16-20-10-12-22(13-11-20)18-28-17-21-8-5-4-6-9-21/h4-6,8-13H,3,7,14-19H2,1-2H3,(H2,25,26,27). The summed E-state index contributed by atoms with van der Waals surface area (Å²) in [5, 5.41) is 6.73. The molecule has 2 aromatic rings. The summed E-state index contributed by atoms with van der Waals surface area (Å²) in [5.74, 6) is 0.833. The second-order valence-electron chi connectivity index (χ2n) is 7.75. The lowest BCUT2D eigenvalue weighted by Crippen LogP contribution is -2.45. The molecule has 0 spiro atoms. The molecule has 1 atom stereocenters. The van der Waals surface area contributed by atoms with Gasteiger partial charge in [-0.3, -0.25) is 0 Å². The van der Waals surface area contributed by atoms with Crippen molar-refractivity contribution in [2.75, 3.05) is 19.7 Å². The Kier molecular flexibility index (Phi) is 8.08. The largest absolute Gasteiger partial charge is 0.373 e. The Hall–Kier alpha value is -2.37. The van der Waals surface area contributed by atoms with E-state index in [2.05, 4.69) is 60.9 Å². The Morgan fingerprint density at radius 1 is 1.00 bits per heavy atom. The number of nitrogens with zero attached hydrogens (tertiary/aromatic N) is 1. The molecule has 0 aromatic heterocycles. The van der Waals surface area contributed by atoms with Crippen LogP contribution < -0.4 is 10.6 Å². The number of nitrogens with one attached hydrogen (secondary N) is 2.